The van der Waals surface area contributed by atoms with E-state index >= 15 is 0 Å². The zero-order valence-corrected chi connectivity index (χ0v) is 17.4. The van der Waals surface area contributed by atoms with Gasteiger partial charge >= 0.3 is 0 Å². The summed E-state index contributed by atoms with van der Waals surface area (Å²) in [6.45, 7) is 0.495. The van der Waals surface area contributed by atoms with E-state index < -0.39 is 10.0 Å². The number of nitrogens with one attached hydrogen (secondary N) is 1. The molecule has 2 aromatic carbocycles. The van der Waals surface area contributed by atoms with Crippen molar-refractivity contribution in [2.45, 2.75) is 23.8 Å². The van der Waals surface area contributed by atoms with Crippen LogP contribution in [0.4, 0.5) is 5.69 Å². The Kier molecular flexibility index (Phi) is 6.38. The molecule has 152 valence electrons. The Balaban J connectivity index is 1.73. The summed E-state index contributed by atoms with van der Waals surface area (Å²) in [4.78, 5) is 14.8. The number of aryl methyl sites for hydroxylation is 1. The van der Waals surface area contributed by atoms with Gasteiger partial charge < -0.3 is 5.32 Å². The number of carbonyl (C=O) groups excluding carboxylic acids is 1. The standard InChI is InChI=1S/C22H25N3O3S/c1-4-14-25(21-13-12-17-8-5-6-11-20(17)21)16-22(26)23-18-9-7-10-19(15-18)29(27,28)24(2)3/h1,5-11,15,21H,12-14,16H2,2-3H3,(H,23,26)/t21-/m0/s1. The summed E-state index contributed by atoms with van der Waals surface area (Å²) in [6.07, 6.45) is 7.43. The first-order chi connectivity index (χ1) is 13.8. The average molecular weight is 412 g/mol. The van der Waals surface area contributed by atoms with Crippen LogP contribution in [0.25, 0.3) is 0 Å². The number of fused-ring (bicyclic) bond motifs is 1. The maximum absolute atomic E-state index is 12.7. The van der Waals surface area contributed by atoms with E-state index in [1.54, 1.807) is 12.1 Å². The Hall–Kier alpha value is -2.66. The SMILES string of the molecule is C#CCN(CC(=O)Nc1cccc(S(=O)(=O)N(C)C)c1)[C@H]1CCc2ccccc21. The summed E-state index contributed by atoms with van der Waals surface area (Å²) in [6, 6.07) is 14.6. The van der Waals surface area contributed by atoms with Crippen molar-refractivity contribution in [2.75, 3.05) is 32.5 Å². The molecule has 0 spiro atoms. The number of terminal acetylenes is 1. The van der Waals surface area contributed by atoms with E-state index in [2.05, 4.69) is 23.4 Å². The van der Waals surface area contributed by atoms with Crippen molar-refractivity contribution >= 4 is 21.6 Å². The molecular weight excluding hydrogens is 386 g/mol. The van der Waals surface area contributed by atoms with Crippen LogP contribution in [0.1, 0.15) is 23.6 Å². The average Bonchev–Trinajstić information content (AvgIpc) is 3.12. The monoisotopic (exact) mass is 411 g/mol. The summed E-state index contributed by atoms with van der Waals surface area (Å²) >= 11 is 0. The smallest absolute Gasteiger partial charge is 0.242 e. The van der Waals surface area contributed by atoms with Crippen LogP contribution in [0.3, 0.4) is 0 Å². The van der Waals surface area contributed by atoms with Crippen molar-refractivity contribution in [3.63, 3.8) is 0 Å². The molecule has 2 aromatic rings. The third-order valence-corrected chi connectivity index (χ3v) is 6.89. The highest BCUT2D eigenvalue weighted by Gasteiger charge is 2.28. The molecule has 3 rings (SSSR count). The molecule has 0 fully saturated rings. The minimum absolute atomic E-state index is 0.105. The van der Waals surface area contributed by atoms with Gasteiger partial charge in [0, 0.05) is 25.8 Å². The minimum atomic E-state index is -3.57. The Morgan fingerprint density at radius 1 is 1.21 bits per heavy atom. The van der Waals surface area contributed by atoms with Crippen molar-refractivity contribution < 1.29 is 13.2 Å². The van der Waals surface area contributed by atoms with E-state index in [9.17, 15) is 13.2 Å². The summed E-state index contributed by atoms with van der Waals surface area (Å²) in [5.74, 6) is 2.41. The molecule has 0 bridgehead atoms. The summed E-state index contributed by atoms with van der Waals surface area (Å²) in [5.41, 5.74) is 2.95. The number of benzene rings is 2. The van der Waals surface area contributed by atoms with Crippen LogP contribution in [-0.2, 0) is 21.2 Å². The summed E-state index contributed by atoms with van der Waals surface area (Å²) in [5, 5.41) is 2.80. The van der Waals surface area contributed by atoms with Gasteiger partial charge in [-0.3, -0.25) is 9.69 Å². The number of hydrogen-bond acceptors (Lipinski definition) is 4. The molecule has 1 atom stereocenters. The molecule has 0 radical (unpaired) electrons. The molecule has 1 aliphatic rings. The van der Waals surface area contributed by atoms with Crippen LogP contribution < -0.4 is 5.32 Å². The van der Waals surface area contributed by atoms with Crippen molar-refractivity contribution in [2.24, 2.45) is 0 Å². The number of nitrogens with zero attached hydrogens (tertiary/aromatic N) is 2. The van der Waals surface area contributed by atoms with Crippen LogP contribution in [0, 0.1) is 12.3 Å². The van der Waals surface area contributed by atoms with Gasteiger partial charge in [0.25, 0.3) is 0 Å². The second-order valence-electron chi connectivity index (χ2n) is 7.23. The third-order valence-electron chi connectivity index (χ3n) is 5.08. The minimum Gasteiger partial charge on any atom is -0.325 e. The van der Waals surface area contributed by atoms with Gasteiger partial charge in [-0.05, 0) is 42.2 Å². The molecule has 1 aliphatic carbocycles. The lowest BCUT2D eigenvalue weighted by atomic mass is 10.1. The second-order valence-corrected chi connectivity index (χ2v) is 9.38. The van der Waals surface area contributed by atoms with Crippen molar-refractivity contribution in [1.82, 2.24) is 9.21 Å². The number of carbonyl (C=O) groups is 1. The number of hydrogen-bond donors (Lipinski definition) is 1. The fourth-order valence-electron chi connectivity index (χ4n) is 3.64. The van der Waals surface area contributed by atoms with Gasteiger partial charge in [-0.2, -0.15) is 0 Å². The molecule has 29 heavy (non-hydrogen) atoms. The predicted molar refractivity (Wildman–Crippen MR) is 114 cm³/mol. The van der Waals surface area contributed by atoms with E-state index in [0.717, 1.165) is 17.1 Å². The van der Waals surface area contributed by atoms with Gasteiger partial charge in [0.15, 0.2) is 0 Å². The first-order valence-electron chi connectivity index (χ1n) is 9.40. The van der Waals surface area contributed by atoms with E-state index in [4.69, 9.17) is 6.42 Å². The van der Waals surface area contributed by atoms with Crippen molar-refractivity contribution in [3.05, 3.63) is 59.7 Å². The number of anilines is 1. The molecule has 6 nitrogen and oxygen atoms in total. The molecule has 1 amide bonds. The summed E-state index contributed by atoms with van der Waals surface area (Å²) < 4.78 is 25.8. The number of rotatable bonds is 7. The molecule has 0 aromatic heterocycles. The van der Waals surface area contributed by atoms with Crippen molar-refractivity contribution in [1.29, 1.82) is 0 Å². The maximum atomic E-state index is 12.7. The fraction of sp³-hybridized carbons (Fsp3) is 0.318. The van der Waals surface area contributed by atoms with Crippen LogP contribution in [0.15, 0.2) is 53.4 Å². The molecule has 0 aliphatic heterocycles. The van der Waals surface area contributed by atoms with Gasteiger partial charge in [0.2, 0.25) is 15.9 Å². The zero-order valence-electron chi connectivity index (χ0n) is 16.6. The van der Waals surface area contributed by atoms with Gasteiger partial charge in [-0.1, -0.05) is 36.3 Å². The normalized spacial score (nSPS) is 15.9. The Labute approximate surface area is 172 Å². The lowest BCUT2D eigenvalue weighted by molar-refractivity contribution is -0.117. The second kappa shape index (κ2) is 8.78. The molecule has 0 saturated carbocycles. The number of amides is 1. The van der Waals surface area contributed by atoms with Crippen LogP contribution in [-0.4, -0.2) is 50.7 Å². The topological polar surface area (TPSA) is 69.7 Å². The first-order valence-corrected chi connectivity index (χ1v) is 10.8. The van der Waals surface area contributed by atoms with Gasteiger partial charge in [0.1, 0.15) is 0 Å². The molecule has 1 N–H and O–H groups in total. The highest BCUT2D eigenvalue weighted by Crippen LogP contribution is 2.35. The van der Waals surface area contributed by atoms with Crippen LogP contribution in [0.5, 0.6) is 0 Å². The quantitative estimate of drug-likeness (QED) is 0.711. The van der Waals surface area contributed by atoms with Crippen LogP contribution >= 0.6 is 0 Å². The van der Waals surface area contributed by atoms with Crippen molar-refractivity contribution in [3.8, 4) is 12.3 Å². The van der Waals surface area contributed by atoms with E-state index in [1.165, 1.54) is 37.4 Å². The lowest BCUT2D eigenvalue weighted by Gasteiger charge is -2.27. The highest BCUT2D eigenvalue weighted by molar-refractivity contribution is 7.89. The fourth-order valence-corrected chi connectivity index (χ4v) is 4.59. The van der Waals surface area contributed by atoms with Crippen LogP contribution in [0.2, 0.25) is 0 Å². The predicted octanol–water partition coefficient (Wildman–Crippen LogP) is 2.50. The Bertz CT molecular complexity index is 1040. The highest BCUT2D eigenvalue weighted by atomic mass is 32.2. The summed E-state index contributed by atoms with van der Waals surface area (Å²) in [7, 11) is -0.628. The lowest BCUT2D eigenvalue weighted by Crippen LogP contribution is -2.36. The first kappa shape index (κ1) is 21.1. The third kappa shape index (κ3) is 4.67. The zero-order chi connectivity index (χ0) is 21.0. The molecule has 0 heterocycles. The van der Waals surface area contributed by atoms with E-state index in [-0.39, 0.29) is 23.4 Å². The molecule has 0 unspecified atom stereocenters. The van der Waals surface area contributed by atoms with Gasteiger partial charge in [-0.15, -0.1) is 6.42 Å². The molecular formula is C22H25N3O3S. The molecule has 7 heteroatoms. The maximum Gasteiger partial charge on any atom is 0.242 e. The van der Waals surface area contributed by atoms with E-state index in [1.807, 2.05) is 17.0 Å². The Morgan fingerprint density at radius 2 is 1.97 bits per heavy atom. The largest absolute Gasteiger partial charge is 0.325 e. The van der Waals surface area contributed by atoms with E-state index in [0.29, 0.717) is 12.2 Å². The Morgan fingerprint density at radius 3 is 2.69 bits per heavy atom. The number of sulfonamides is 1. The van der Waals surface area contributed by atoms with Gasteiger partial charge in [-0.25, -0.2) is 12.7 Å². The van der Waals surface area contributed by atoms with Gasteiger partial charge in [0.05, 0.1) is 18.0 Å². The molecule has 0 saturated heterocycles.